The third-order valence-corrected chi connectivity index (χ3v) is 10.6. The quantitative estimate of drug-likeness (QED) is 0.511. The molecule has 0 spiro atoms. The van der Waals surface area contributed by atoms with Gasteiger partial charge in [0.15, 0.2) is 8.32 Å². The lowest BCUT2D eigenvalue weighted by Gasteiger charge is -2.38. The van der Waals surface area contributed by atoms with Gasteiger partial charge in [-0.25, -0.2) is 0 Å². The molecule has 0 unspecified atom stereocenters. The number of aliphatic carboxylic acids is 1. The van der Waals surface area contributed by atoms with Crippen molar-refractivity contribution in [3.8, 4) is 0 Å². The van der Waals surface area contributed by atoms with E-state index in [1.165, 1.54) is 0 Å². The molecule has 2 bridgehead atoms. The van der Waals surface area contributed by atoms with Crippen LogP contribution in [0.25, 0.3) is 0 Å². The summed E-state index contributed by atoms with van der Waals surface area (Å²) in [7, 11) is -1.72. The summed E-state index contributed by atoms with van der Waals surface area (Å²) in [6.07, 6.45) is 9.01. The van der Waals surface area contributed by atoms with Crippen molar-refractivity contribution in [2.24, 2.45) is 11.8 Å². The minimum atomic E-state index is -1.72. The van der Waals surface area contributed by atoms with Crippen molar-refractivity contribution in [1.29, 1.82) is 0 Å². The standard InChI is InChI=1S/C19H34O4Si/c1-19(2,3)24(4,5)22-13-15-14(16-11-12-17(15)23-16)9-7-6-8-10-18(20)21/h6-7,14-17H,8-13H2,1-5H3,(H,20,21)/b7-6+/t14-,15+,16+,17-/m0/s1. The molecule has 5 heteroatoms. The number of ether oxygens (including phenoxy) is 1. The maximum atomic E-state index is 10.6. The normalized spacial score (nSPS) is 30.4. The molecule has 4 atom stereocenters. The molecule has 0 aromatic carbocycles. The molecule has 1 N–H and O–H groups in total. The Labute approximate surface area is 147 Å². The molecule has 0 aromatic rings. The van der Waals surface area contributed by atoms with E-state index in [0.717, 1.165) is 25.9 Å². The van der Waals surface area contributed by atoms with Crippen molar-refractivity contribution < 1.29 is 19.1 Å². The van der Waals surface area contributed by atoms with E-state index in [-0.39, 0.29) is 11.5 Å². The van der Waals surface area contributed by atoms with E-state index in [2.05, 4.69) is 39.9 Å². The summed E-state index contributed by atoms with van der Waals surface area (Å²) in [6.45, 7) is 12.3. The summed E-state index contributed by atoms with van der Waals surface area (Å²) >= 11 is 0. The molecule has 2 saturated heterocycles. The highest BCUT2D eigenvalue weighted by Gasteiger charge is 2.49. The summed E-state index contributed by atoms with van der Waals surface area (Å²) in [5.41, 5.74) is 0. The summed E-state index contributed by atoms with van der Waals surface area (Å²) < 4.78 is 12.6. The maximum absolute atomic E-state index is 10.6. The third-order valence-electron chi connectivity index (χ3n) is 6.13. The van der Waals surface area contributed by atoms with Crippen LogP contribution in [0.2, 0.25) is 18.1 Å². The molecule has 0 aromatic heterocycles. The van der Waals surface area contributed by atoms with Crippen LogP contribution in [0.5, 0.6) is 0 Å². The fourth-order valence-electron chi connectivity index (χ4n) is 3.53. The van der Waals surface area contributed by atoms with Gasteiger partial charge in [0.1, 0.15) is 0 Å². The topological polar surface area (TPSA) is 55.8 Å². The molecule has 0 amide bonds. The summed E-state index contributed by atoms with van der Waals surface area (Å²) in [6, 6.07) is 0. The van der Waals surface area contributed by atoms with Gasteiger partial charge >= 0.3 is 5.97 Å². The second-order valence-corrected chi connectivity index (χ2v) is 13.6. The second-order valence-electron chi connectivity index (χ2n) is 8.83. The van der Waals surface area contributed by atoms with E-state index in [1.54, 1.807) is 0 Å². The Balaban J connectivity index is 1.89. The van der Waals surface area contributed by atoms with Crippen LogP contribution in [0.15, 0.2) is 12.2 Å². The molecule has 0 radical (unpaired) electrons. The lowest BCUT2D eigenvalue weighted by Crippen LogP contribution is -2.43. The van der Waals surface area contributed by atoms with Gasteiger partial charge in [-0.1, -0.05) is 32.9 Å². The first-order valence-corrected chi connectivity index (χ1v) is 12.2. The van der Waals surface area contributed by atoms with Crippen LogP contribution >= 0.6 is 0 Å². The van der Waals surface area contributed by atoms with Crippen LogP contribution in [0.3, 0.4) is 0 Å². The monoisotopic (exact) mass is 354 g/mol. The molecular weight excluding hydrogens is 320 g/mol. The third kappa shape index (κ3) is 4.70. The number of rotatable bonds is 8. The van der Waals surface area contributed by atoms with Crippen LogP contribution in [-0.4, -0.2) is 38.2 Å². The van der Waals surface area contributed by atoms with Gasteiger partial charge in [0.25, 0.3) is 0 Å². The first-order valence-electron chi connectivity index (χ1n) is 9.28. The molecule has 2 aliphatic heterocycles. The van der Waals surface area contributed by atoms with Gasteiger partial charge in [-0.2, -0.15) is 0 Å². The number of carboxylic acid groups (broad SMARTS) is 1. The number of allylic oxidation sites excluding steroid dienone is 2. The Morgan fingerprint density at radius 2 is 1.83 bits per heavy atom. The van der Waals surface area contributed by atoms with Crippen molar-refractivity contribution in [1.82, 2.24) is 0 Å². The fraction of sp³-hybridized carbons (Fsp3) is 0.842. The Morgan fingerprint density at radius 1 is 1.21 bits per heavy atom. The van der Waals surface area contributed by atoms with E-state index in [1.807, 2.05) is 6.08 Å². The molecule has 2 rings (SSSR count). The fourth-order valence-corrected chi connectivity index (χ4v) is 4.57. The van der Waals surface area contributed by atoms with Gasteiger partial charge in [0.05, 0.1) is 12.2 Å². The second kappa shape index (κ2) is 7.71. The molecule has 2 aliphatic rings. The van der Waals surface area contributed by atoms with Crippen molar-refractivity contribution in [2.75, 3.05) is 6.61 Å². The molecule has 24 heavy (non-hydrogen) atoms. The maximum Gasteiger partial charge on any atom is 0.303 e. The van der Waals surface area contributed by atoms with Crippen LogP contribution in [-0.2, 0) is 14.0 Å². The van der Waals surface area contributed by atoms with Gasteiger partial charge in [-0.15, -0.1) is 0 Å². The Hall–Kier alpha value is -0.653. The minimum absolute atomic E-state index is 0.210. The zero-order valence-electron chi connectivity index (χ0n) is 15.9. The molecule has 138 valence electrons. The predicted octanol–water partition coefficient (Wildman–Crippen LogP) is 4.61. The summed E-state index contributed by atoms with van der Waals surface area (Å²) in [5.74, 6) is 0.278. The Kier molecular flexibility index (Phi) is 6.32. The van der Waals surface area contributed by atoms with Crippen molar-refractivity contribution in [3.05, 3.63) is 12.2 Å². The van der Waals surface area contributed by atoms with Crippen LogP contribution in [0.1, 0.15) is 52.9 Å². The minimum Gasteiger partial charge on any atom is -0.481 e. The van der Waals surface area contributed by atoms with E-state index in [0.29, 0.717) is 30.5 Å². The largest absolute Gasteiger partial charge is 0.481 e. The van der Waals surface area contributed by atoms with Crippen LogP contribution in [0.4, 0.5) is 0 Å². The number of carboxylic acids is 1. The Morgan fingerprint density at radius 3 is 2.42 bits per heavy atom. The molecule has 4 nitrogen and oxygen atoms in total. The van der Waals surface area contributed by atoms with Crippen molar-refractivity contribution in [3.63, 3.8) is 0 Å². The zero-order valence-corrected chi connectivity index (χ0v) is 16.9. The Bertz CT molecular complexity index is 466. The lowest BCUT2D eigenvalue weighted by atomic mass is 9.78. The van der Waals surface area contributed by atoms with E-state index in [9.17, 15) is 4.79 Å². The number of hydrogen-bond acceptors (Lipinski definition) is 3. The van der Waals surface area contributed by atoms with Gasteiger partial charge in [-0.3, -0.25) is 4.79 Å². The molecular formula is C19H34O4Si. The number of hydrogen-bond donors (Lipinski definition) is 1. The highest BCUT2D eigenvalue weighted by molar-refractivity contribution is 6.74. The van der Waals surface area contributed by atoms with E-state index < -0.39 is 14.3 Å². The summed E-state index contributed by atoms with van der Waals surface area (Å²) in [5, 5.41) is 8.93. The van der Waals surface area contributed by atoms with Gasteiger partial charge in [-0.05, 0) is 49.7 Å². The molecule has 0 saturated carbocycles. The van der Waals surface area contributed by atoms with Gasteiger partial charge in [0.2, 0.25) is 0 Å². The van der Waals surface area contributed by atoms with Gasteiger partial charge < -0.3 is 14.3 Å². The predicted molar refractivity (Wildman–Crippen MR) is 98.7 cm³/mol. The van der Waals surface area contributed by atoms with Gasteiger partial charge in [0, 0.05) is 18.9 Å². The van der Waals surface area contributed by atoms with E-state index >= 15 is 0 Å². The molecule has 2 heterocycles. The molecule has 0 aliphatic carbocycles. The smallest absolute Gasteiger partial charge is 0.303 e. The molecule has 2 fully saturated rings. The highest BCUT2D eigenvalue weighted by atomic mass is 28.4. The highest BCUT2D eigenvalue weighted by Crippen LogP contribution is 2.46. The summed E-state index contributed by atoms with van der Waals surface area (Å²) in [4.78, 5) is 10.6. The average Bonchev–Trinajstić information content (AvgIpc) is 3.04. The van der Waals surface area contributed by atoms with Crippen molar-refractivity contribution >= 4 is 14.3 Å². The van der Waals surface area contributed by atoms with E-state index in [4.69, 9.17) is 14.3 Å². The zero-order chi connectivity index (χ0) is 18.0. The number of carbonyl (C=O) groups is 1. The lowest BCUT2D eigenvalue weighted by molar-refractivity contribution is -0.136. The first-order chi connectivity index (χ1) is 11.1. The average molecular weight is 355 g/mol. The number of fused-ring (bicyclic) bond motifs is 2. The van der Waals surface area contributed by atoms with Crippen molar-refractivity contribution in [2.45, 2.75) is 83.2 Å². The SMILES string of the molecule is CC(C)(C)[Si](C)(C)OC[C@@H]1[C@H](C/C=C/CCC(=O)O)[C@H]2CC[C@@H]1O2. The van der Waals surface area contributed by atoms with Crippen LogP contribution in [0, 0.1) is 11.8 Å². The van der Waals surface area contributed by atoms with Crippen LogP contribution < -0.4 is 0 Å². The first kappa shape index (κ1) is 19.7.